The van der Waals surface area contributed by atoms with Crippen molar-refractivity contribution in [1.82, 2.24) is 14.8 Å². The second-order valence-electron chi connectivity index (χ2n) is 5.36. The third-order valence-corrected chi connectivity index (χ3v) is 5.25. The molecule has 0 aliphatic heterocycles. The molecule has 1 N–H and O–H groups in total. The van der Waals surface area contributed by atoms with Crippen molar-refractivity contribution in [2.45, 2.75) is 35.2 Å². The fourth-order valence-corrected chi connectivity index (χ4v) is 3.80. The molecule has 1 aliphatic rings. The number of halogens is 3. The highest BCUT2D eigenvalue weighted by Crippen LogP contribution is 2.64. The van der Waals surface area contributed by atoms with E-state index in [0.717, 1.165) is 0 Å². The lowest BCUT2D eigenvalue weighted by molar-refractivity contribution is -0.0412. The molecule has 1 aliphatic carbocycles. The first-order chi connectivity index (χ1) is 10.3. The maximum absolute atomic E-state index is 12.9. The lowest BCUT2D eigenvalue weighted by Gasteiger charge is -2.37. The van der Waals surface area contributed by atoms with Crippen LogP contribution in [0, 0.1) is 0 Å². The van der Waals surface area contributed by atoms with Crippen LogP contribution in [0.15, 0.2) is 43.0 Å². The molecule has 0 amide bonds. The highest BCUT2D eigenvalue weighted by atomic mass is 32.2. The second kappa shape index (κ2) is 5.27. The molecule has 118 valence electrons. The minimum atomic E-state index is -4.40. The minimum absolute atomic E-state index is 0.0694. The maximum atomic E-state index is 12.9. The van der Waals surface area contributed by atoms with Gasteiger partial charge in [0.2, 0.25) is 0 Å². The smallest absolute Gasteiger partial charge is 0.382 e. The van der Waals surface area contributed by atoms with Gasteiger partial charge in [-0.15, -0.1) is 0 Å². The van der Waals surface area contributed by atoms with E-state index in [1.54, 1.807) is 30.3 Å². The summed E-state index contributed by atoms with van der Waals surface area (Å²) in [6.07, 6.45) is 3.29. The lowest BCUT2D eigenvalue weighted by atomic mass is 9.88. The van der Waals surface area contributed by atoms with E-state index in [0.29, 0.717) is 18.4 Å². The van der Waals surface area contributed by atoms with Crippen LogP contribution in [-0.4, -0.2) is 30.1 Å². The minimum Gasteiger partial charge on any atom is -0.382 e. The number of alkyl halides is 3. The van der Waals surface area contributed by atoms with E-state index in [9.17, 15) is 18.3 Å². The summed E-state index contributed by atoms with van der Waals surface area (Å²) in [7, 11) is 0. The third-order valence-electron chi connectivity index (χ3n) is 3.88. The molecule has 1 aromatic carbocycles. The molecular formula is C14H14F3N3OS. The van der Waals surface area contributed by atoms with Gasteiger partial charge in [-0.2, -0.15) is 18.3 Å². The fraction of sp³-hybridized carbons (Fsp3) is 0.429. The molecule has 1 aromatic heterocycles. The fourth-order valence-electron chi connectivity index (χ4n) is 2.70. The van der Waals surface area contributed by atoms with Crippen LogP contribution < -0.4 is 0 Å². The van der Waals surface area contributed by atoms with Crippen molar-refractivity contribution in [3.63, 3.8) is 0 Å². The zero-order valence-electron chi connectivity index (χ0n) is 11.5. The molecule has 1 unspecified atom stereocenters. The zero-order chi connectivity index (χ0) is 15.8. The van der Waals surface area contributed by atoms with Crippen molar-refractivity contribution < 1.29 is 18.3 Å². The first-order valence-electron chi connectivity index (χ1n) is 6.72. The number of aromatic nitrogens is 3. The van der Waals surface area contributed by atoms with E-state index >= 15 is 0 Å². The Hall–Kier alpha value is -1.54. The summed E-state index contributed by atoms with van der Waals surface area (Å²) in [5.74, 6) is 0. The van der Waals surface area contributed by atoms with Crippen molar-refractivity contribution in [3.8, 4) is 0 Å². The number of hydrogen-bond donors (Lipinski definition) is 1. The Bertz CT molecular complexity index is 629. The van der Waals surface area contributed by atoms with Crippen LogP contribution in [-0.2, 0) is 12.1 Å². The molecule has 1 fully saturated rings. The molecule has 1 heterocycles. The normalized spacial score (nSPS) is 19.6. The van der Waals surface area contributed by atoms with Crippen molar-refractivity contribution >= 4 is 11.8 Å². The summed E-state index contributed by atoms with van der Waals surface area (Å²) in [5.41, 5.74) is -5.61. The summed E-state index contributed by atoms with van der Waals surface area (Å²) in [6, 6.07) is 8.46. The number of thioether (sulfide) groups is 1. The number of hydrogen-bond acceptors (Lipinski definition) is 4. The largest absolute Gasteiger partial charge is 0.442 e. The van der Waals surface area contributed by atoms with Crippen molar-refractivity contribution in [3.05, 3.63) is 48.5 Å². The van der Waals surface area contributed by atoms with Crippen molar-refractivity contribution in [2.24, 2.45) is 0 Å². The van der Waals surface area contributed by atoms with Crippen LogP contribution in [0.3, 0.4) is 0 Å². The van der Waals surface area contributed by atoms with Gasteiger partial charge in [0.25, 0.3) is 0 Å². The first kappa shape index (κ1) is 15.4. The van der Waals surface area contributed by atoms with Crippen LogP contribution in [0.5, 0.6) is 0 Å². The molecule has 0 bridgehead atoms. The lowest BCUT2D eigenvalue weighted by Crippen LogP contribution is -2.44. The quantitative estimate of drug-likeness (QED) is 0.916. The first-order valence-corrected chi connectivity index (χ1v) is 7.54. The number of nitrogens with zero attached hydrogens (tertiary/aromatic N) is 3. The Morgan fingerprint density at radius 2 is 1.91 bits per heavy atom. The summed E-state index contributed by atoms with van der Waals surface area (Å²) < 4.78 is 38.9. The molecule has 22 heavy (non-hydrogen) atoms. The average molecular weight is 329 g/mol. The predicted octanol–water partition coefficient (Wildman–Crippen LogP) is 2.95. The standard InChI is InChI=1S/C14H14F3N3OS/c15-14(16,17)22-12(6-7-12)13(21,8-20-10-18-9-19-20)11-4-2-1-3-5-11/h1-5,9-10,21H,6-8H2. The zero-order valence-corrected chi connectivity index (χ0v) is 12.3. The van der Waals surface area contributed by atoms with E-state index in [2.05, 4.69) is 10.1 Å². The number of aliphatic hydroxyl groups is 1. The van der Waals surface area contributed by atoms with Gasteiger partial charge < -0.3 is 5.11 Å². The molecule has 0 spiro atoms. The molecule has 0 saturated heterocycles. The summed E-state index contributed by atoms with van der Waals surface area (Å²) in [4.78, 5) is 3.79. The van der Waals surface area contributed by atoms with Crippen LogP contribution in [0.2, 0.25) is 0 Å². The molecular weight excluding hydrogens is 315 g/mol. The second-order valence-corrected chi connectivity index (χ2v) is 6.81. The Kier molecular flexibility index (Phi) is 3.68. The molecule has 1 saturated carbocycles. The third kappa shape index (κ3) is 2.85. The highest BCUT2D eigenvalue weighted by Gasteiger charge is 2.64. The van der Waals surface area contributed by atoms with Crippen LogP contribution >= 0.6 is 11.8 Å². The van der Waals surface area contributed by atoms with Gasteiger partial charge in [0.05, 0.1) is 11.3 Å². The van der Waals surface area contributed by atoms with Gasteiger partial charge in [-0.05, 0) is 30.2 Å². The highest BCUT2D eigenvalue weighted by molar-refractivity contribution is 8.01. The molecule has 2 aromatic rings. The molecule has 8 heteroatoms. The summed E-state index contributed by atoms with van der Waals surface area (Å²) in [6.45, 7) is -0.0694. The van der Waals surface area contributed by atoms with E-state index in [1.165, 1.54) is 17.3 Å². The summed E-state index contributed by atoms with van der Waals surface area (Å²) >= 11 is -0.118. The SMILES string of the molecule is OC(Cn1cncn1)(c1ccccc1)C1(SC(F)(F)F)CC1. The van der Waals surface area contributed by atoms with E-state index in [1.807, 2.05) is 0 Å². The monoisotopic (exact) mass is 329 g/mol. The van der Waals surface area contributed by atoms with Gasteiger partial charge in [0.1, 0.15) is 18.3 Å². The predicted molar refractivity (Wildman–Crippen MR) is 76.0 cm³/mol. The average Bonchev–Trinajstić information content (AvgIpc) is 3.05. The molecule has 3 rings (SSSR count). The van der Waals surface area contributed by atoms with Gasteiger partial charge in [0, 0.05) is 0 Å². The molecule has 0 radical (unpaired) electrons. The maximum Gasteiger partial charge on any atom is 0.442 e. The van der Waals surface area contributed by atoms with Gasteiger partial charge in [-0.1, -0.05) is 30.3 Å². The Morgan fingerprint density at radius 3 is 2.41 bits per heavy atom. The van der Waals surface area contributed by atoms with Crippen LogP contribution in [0.4, 0.5) is 13.2 Å². The van der Waals surface area contributed by atoms with E-state index < -0.39 is 15.9 Å². The Labute approximate surface area is 129 Å². The van der Waals surface area contributed by atoms with Gasteiger partial charge in [-0.25, -0.2) is 9.67 Å². The van der Waals surface area contributed by atoms with Gasteiger partial charge >= 0.3 is 5.51 Å². The number of benzene rings is 1. The Balaban J connectivity index is 2.00. The molecule has 1 atom stereocenters. The van der Waals surface area contributed by atoms with E-state index in [4.69, 9.17) is 0 Å². The molecule has 4 nitrogen and oxygen atoms in total. The van der Waals surface area contributed by atoms with Gasteiger partial charge in [0.15, 0.2) is 0 Å². The summed E-state index contributed by atoms with van der Waals surface area (Å²) in [5, 5.41) is 15.1. The van der Waals surface area contributed by atoms with Gasteiger partial charge in [-0.3, -0.25) is 0 Å². The number of rotatable bonds is 5. The van der Waals surface area contributed by atoms with Crippen molar-refractivity contribution in [1.29, 1.82) is 0 Å². The van der Waals surface area contributed by atoms with Crippen LogP contribution in [0.25, 0.3) is 0 Å². The van der Waals surface area contributed by atoms with Crippen LogP contribution in [0.1, 0.15) is 18.4 Å². The van der Waals surface area contributed by atoms with Crippen molar-refractivity contribution in [2.75, 3.05) is 0 Å². The van der Waals surface area contributed by atoms with E-state index in [-0.39, 0.29) is 18.3 Å². The Morgan fingerprint density at radius 1 is 1.23 bits per heavy atom. The topological polar surface area (TPSA) is 50.9 Å².